The van der Waals surface area contributed by atoms with E-state index in [1.165, 1.54) is 0 Å². The minimum atomic E-state index is -0.761. The predicted molar refractivity (Wildman–Crippen MR) is 71.1 cm³/mol. The summed E-state index contributed by atoms with van der Waals surface area (Å²) in [5.74, 6) is -0.761. The number of unbranched alkanes of at least 4 members (excludes halogenated alkanes) is 2. The molecule has 6 nitrogen and oxygen atoms in total. The van der Waals surface area contributed by atoms with Crippen LogP contribution in [0.1, 0.15) is 38.5 Å². The fourth-order valence-corrected chi connectivity index (χ4v) is 2.20. The molecular formula is C13H24N2O4. The van der Waals surface area contributed by atoms with Crippen molar-refractivity contribution in [1.82, 2.24) is 10.2 Å². The maximum absolute atomic E-state index is 11.9. The molecule has 1 aliphatic rings. The first-order valence-electron chi connectivity index (χ1n) is 6.91. The molecule has 2 N–H and O–H groups in total. The number of urea groups is 1. The van der Waals surface area contributed by atoms with Gasteiger partial charge in [0.25, 0.3) is 0 Å². The lowest BCUT2D eigenvalue weighted by atomic mass is 10.1. The maximum atomic E-state index is 11.9. The lowest BCUT2D eigenvalue weighted by molar-refractivity contribution is -0.137. The van der Waals surface area contributed by atoms with Gasteiger partial charge in [-0.05, 0) is 25.7 Å². The number of aliphatic carboxylic acids is 1. The van der Waals surface area contributed by atoms with Gasteiger partial charge in [0, 0.05) is 33.2 Å². The Bertz CT molecular complexity index is 296. The number of carboxylic acids is 1. The molecule has 110 valence electrons. The van der Waals surface area contributed by atoms with Gasteiger partial charge in [-0.15, -0.1) is 0 Å². The molecule has 0 bridgehead atoms. The zero-order valence-corrected chi connectivity index (χ0v) is 11.6. The van der Waals surface area contributed by atoms with E-state index in [1.807, 2.05) is 0 Å². The average Bonchev–Trinajstić information content (AvgIpc) is 2.42. The SMILES string of the molecule is COC1CCCN(C(=O)NCCCCCC(=O)O)C1. The summed E-state index contributed by atoms with van der Waals surface area (Å²) < 4.78 is 5.27. The Morgan fingerprint density at radius 2 is 2.16 bits per heavy atom. The number of hydrogen-bond acceptors (Lipinski definition) is 3. The molecule has 1 atom stereocenters. The molecule has 19 heavy (non-hydrogen) atoms. The van der Waals surface area contributed by atoms with Crippen LogP contribution in [-0.4, -0.2) is 54.9 Å². The van der Waals surface area contributed by atoms with E-state index in [0.717, 1.165) is 32.2 Å². The number of nitrogens with zero attached hydrogens (tertiary/aromatic N) is 1. The van der Waals surface area contributed by atoms with E-state index < -0.39 is 5.97 Å². The van der Waals surface area contributed by atoms with Gasteiger partial charge in [-0.2, -0.15) is 0 Å². The molecule has 2 amide bonds. The first-order chi connectivity index (χ1) is 9.13. The second-order valence-corrected chi connectivity index (χ2v) is 4.88. The van der Waals surface area contributed by atoms with Crippen molar-refractivity contribution in [3.63, 3.8) is 0 Å². The molecule has 1 heterocycles. The van der Waals surface area contributed by atoms with Gasteiger partial charge in [0.1, 0.15) is 0 Å². The molecular weight excluding hydrogens is 248 g/mol. The molecule has 0 aromatic rings. The van der Waals surface area contributed by atoms with E-state index in [1.54, 1.807) is 12.0 Å². The zero-order chi connectivity index (χ0) is 14.1. The van der Waals surface area contributed by atoms with Crippen molar-refractivity contribution < 1.29 is 19.4 Å². The van der Waals surface area contributed by atoms with Gasteiger partial charge in [0.05, 0.1) is 6.10 Å². The highest BCUT2D eigenvalue weighted by molar-refractivity contribution is 5.74. The number of likely N-dealkylation sites (tertiary alicyclic amines) is 1. The summed E-state index contributed by atoms with van der Waals surface area (Å²) in [6, 6.07) is -0.0417. The number of rotatable bonds is 7. The summed E-state index contributed by atoms with van der Waals surface area (Å²) in [5.41, 5.74) is 0. The first kappa shape index (κ1) is 15.8. The molecule has 0 aromatic carbocycles. The third-order valence-electron chi connectivity index (χ3n) is 3.34. The summed E-state index contributed by atoms with van der Waals surface area (Å²) in [4.78, 5) is 24.0. The van der Waals surface area contributed by atoms with E-state index in [2.05, 4.69) is 5.32 Å². The standard InChI is InChI=1S/C13H24N2O4/c1-19-11-6-5-9-15(10-11)13(18)14-8-4-2-3-7-12(16)17/h11H,2-10H2,1H3,(H,14,18)(H,16,17). The van der Waals surface area contributed by atoms with Gasteiger partial charge in [0.15, 0.2) is 0 Å². The molecule has 1 rings (SSSR count). The third-order valence-corrected chi connectivity index (χ3v) is 3.34. The molecule has 6 heteroatoms. The second-order valence-electron chi connectivity index (χ2n) is 4.88. The van der Waals surface area contributed by atoms with Crippen molar-refractivity contribution in [2.45, 2.75) is 44.6 Å². The molecule has 1 aliphatic heterocycles. The Kier molecular flexibility index (Phi) is 7.25. The third kappa shape index (κ3) is 6.42. The van der Waals surface area contributed by atoms with Gasteiger partial charge < -0.3 is 20.1 Å². The van der Waals surface area contributed by atoms with E-state index in [0.29, 0.717) is 19.5 Å². The molecule has 1 saturated heterocycles. The lowest BCUT2D eigenvalue weighted by Gasteiger charge is -2.31. The topological polar surface area (TPSA) is 78.9 Å². The maximum Gasteiger partial charge on any atom is 0.317 e. The fraction of sp³-hybridized carbons (Fsp3) is 0.846. The van der Waals surface area contributed by atoms with E-state index in [9.17, 15) is 9.59 Å². The molecule has 0 radical (unpaired) electrons. The van der Waals surface area contributed by atoms with Crippen LogP contribution in [-0.2, 0) is 9.53 Å². The van der Waals surface area contributed by atoms with Crippen LogP contribution < -0.4 is 5.32 Å². The highest BCUT2D eigenvalue weighted by atomic mass is 16.5. The first-order valence-corrected chi connectivity index (χ1v) is 6.91. The van der Waals surface area contributed by atoms with Crippen molar-refractivity contribution in [2.24, 2.45) is 0 Å². The number of nitrogens with one attached hydrogen (secondary N) is 1. The predicted octanol–water partition coefficient (Wildman–Crippen LogP) is 1.45. The monoisotopic (exact) mass is 272 g/mol. The Morgan fingerprint density at radius 1 is 1.37 bits per heavy atom. The van der Waals surface area contributed by atoms with Crippen molar-refractivity contribution in [3.05, 3.63) is 0 Å². The van der Waals surface area contributed by atoms with Gasteiger partial charge in [0.2, 0.25) is 0 Å². The van der Waals surface area contributed by atoms with Gasteiger partial charge in [-0.3, -0.25) is 4.79 Å². The van der Waals surface area contributed by atoms with Crippen LogP contribution in [0.3, 0.4) is 0 Å². The number of methoxy groups -OCH3 is 1. The summed E-state index contributed by atoms with van der Waals surface area (Å²) in [7, 11) is 1.68. The summed E-state index contributed by atoms with van der Waals surface area (Å²) in [5, 5.41) is 11.4. The Balaban J connectivity index is 2.08. The van der Waals surface area contributed by atoms with Crippen LogP contribution >= 0.6 is 0 Å². The average molecular weight is 272 g/mol. The van der Waals surface area contributed by atoms with Crippen molar-refractivity contribution in [3.8, 4) is 0 Å². The Hall–Kier alpha value is -1.30. The van der Waals surface area contributed by atoms with Crippen LogP contribution in [0.5, 0.6) is 0 Å². The minimum Gasteiger partial charge on any atom is -0.481 e. The van der Waals surface area contributed by atoms with E-state index >= 15 is 0 Å². The van der Waals surface area contributed by atoms with Crippen LogP contribution in [0.25, 0.3) is 0 Å². The number of carbonyl (C=O) groups excluding carboxylic acids is 1. The van der Waals surface area contributed by atoms with Gasteiger partial charge in [-0.25, -0.2) is 4.79 Å². The zero-order valence-electron chi connectivity index (χ0n) is 11.6. The number of amides is 2. The largest absolute Gasteiger partial charge is 0.481 e. The van der Waals surface area contributed by atoms with E-state index in [4.69, 9.17) is 9.84 Å². The molecule has 0 aliphatic carbocycles. The van der Waals surface area contributed by atoms with Crippen LogP contribution in [0.2, 0.25) is 0 Å². The normalized spacial score (nSPS) is 19.2. The smallest absolute Gasteiger partial charge is 0.317 e. The number of ether oxygens (including phenoxy) is 1. The summed E-state index contributed by atoms with van der Waals surface area (Å²) >= 11 is 0. The Labute approximate surface area is 114 Å². The summed E-state index contributed by atoms with van der Waals surface area (Å²) in [6.07, 6.45) is 4.65. The molecule has 0 aromatic heterocycles. The molecule has 0 saturated carbocycles. The highest BCUT2D eigenvalue weighted by Crippen LogP contribution is 2.12. The van der Waals surface area contributed by atoms with Crippen LogP contribution in [0.15, 0.2) is 0 Å². The lowest BCUT2D eigenvalue weighted by Crippen LogP contribution is -2.47. The number of hydrogen-bond donors (Lipinski definition) is 2. The summed E-state index contributed by atoms with van der Waals surface area (Å²) in [6.45, 7) is 2.04. The molecule has 1 fully saturated rings. The fourth-order valence-electron chi connectivity index (χ4n) is 2.20. The van der Waals surface area contributed by atoms with Crippen molar-refractivity contribution in [2.75, 3.05) is 26.7 Å². The number of piperidine rings is 1. The van der Waals surface area contributed by atoms with E-state index in [-0.39, 0.29) is 18.6 Å². The van der Waals surface area contributed by atoms with Crippen LogP contribution in [0.4, 0.5) is 4.79 Å². The quantitative estimate of drug-likeness (QED) is 0.688. The number of carbonyl (C=O) groups is 2. The van der Waals surface area contributed by atoms with Crippen molar-refractivity contribution >= 4 is 12.0 Å². The Morgan fingerprint density at radius 3 is 2.84 bits per heavy atom. The van der Waals surface area contributed by atoms with Crippen molar-refractivity contribution in [1.29, 1.82) is 0 Å². The molecule has 1 unspecified atom stereocenters. The highest BCUT2D eigenvalue weighted by Gasteiger charge is 2.22. The second kappa shape index (κ2) is 8.74. The minimum absolute atomic E-state index is 0.0417. The number of carboxylic acid groups (broad SMARTS) is 1. The molecule has 0 spiro atoms. The van der Waals surface area contributed by atoms with Gasteiger partial charge in [-0.1, -0.05) is 6.42 Å². The van der Waals surface area contributed by atoms with Gasteiger partial charge >= 0.3 is 12.0 Å². The van der Waals surface area contributed by atoms with Crippen LogP contribution in [0, 0.1) is 0 Å².